The summed E-state index contributed by atoms with van der Waals surface area (Å²) in [5, 5.41) is 6.80. The van der Waals surface area contributed by atoms with Crippen LogP contribution < -0.4 is 4.16 Å². The van der Waals surface area contributed by atoms with Crippen LogP contribution in [-0.4, -0.2) is 96.7 Å². The molecular weight excluding hydrogens is 1460 g/mol. The molecule has 0 spiro atoms. The number of ether oxygens (including phenoxy) is 1. The summed E-state index contributed by atoms with van der Waals surface area (Å²) in [6, 6.07) is 77.9. The molecule has 0 bridgehead atoms. The van der Waals surface area contributed by atoms with Gasteiger partial charge < -0.3 is 13.8 Å². The Bertz CT molecular complexity index is 5010. The van der Waals surface area contributed by atoms with E-state index in [1.54, 1.807) is 6.08 Å². The van der Waals surface area contributed by atoms with Crippen LogP contribution in [0.2, 0.25) is 51.4 Å². The van der Waals surface area contributed by atoms with Crippen molar-refractivity contribution in [2.24, 2.45) is 0 Å². The van der Waals surface area contributed by atoms with Gasteiger partial charge in [0.2, 0.25) is 0 Å². The first-order valence-electron chi connectivity index (χ1n) is 35.5. The molecule has 105 heavy (non-hydrogen) atoms. The number of rotatable bonds is 22. The van der Waals surface area contributed by atoms with Gasteiger partial charge in [-0.1, -0.05) is 216 Å². The number of nitrogens with zero attached hydrogens (tertiary/aromatic N) is 6. The Morgan fingerprint density at radius 2 is 0.648 bits per heavy atom. The van der Waals surface area contributed by atoms with Gasteiger partial charge in [0.1, 0.15) is 0 Å². The number of pyridine rings is 6. The topological polar surface area (TPSA) is 201 Å². The van der Waals surface area contributed by atoms with E-state index in [1.807, 2.05) is 67.5 Å². The van der Waals surface area contributed by atoms with Gasteiger partial charge in [0.25, 0.3) is 0 Å². The van der Waals surface area contributed by atoms with Gasteiger partial charge in [0, 0.05) is 80.6 Å². The fourth-order valence-electron chi connectivity index (χ4n) is 12.6. The van der Waals surface area contributed by atoms with Crippen LogP contribution in [0.4, 0.5) is 0 Å². The van der Waals surface area contributed by atoms with E-state index in [2.05, 4.69) is 282 Å². The van der Waals surface area contributed by atoms with Crippen LogP contribution in [0.1, 0.15) is 44.1 Å². The Morgan fingerprint density at radius 3 is 0.952 bits per heavy atom. The van der Waals surface area contributed by atoms with Gasteiger partial charge in [-0.05, 0) is 88.0 Å². The third kappa shape index (κ3) is 22.7. The van der Waals surface area contributed by atoms with Crippen molar-refractivity contribution in [3.8, 4) is 55.6 Å². The van der Waals surface area contributed by atoms with Crippen LogP contribution >= 0.6 is 0 Å². The predicted molar refractivity (Wildman–Crippen MR) is 436 cm³/mol. The summed E-state index contributed by atoms with van der Waals surface area (Å²) in [5.41, 5.74) is 19.0. The van der Waals surface area contributed by atoms with E-state index in [1.165, 1.54) is 80.5 Å². The number of hydrogen-bond donors (Lipinski definition) is 0. The molecule has 14 rings (SSSR count). The van der Waals surface area contributed by atoms with Crippen molar-refractivity contribution in [2.75, 3.05) is 24.7 Å². The summed E-state index contributed by atoms with van der Waals surface area (Å²) in [6.45, 7) is 18.1. The summed E-state index contributed by atoms with van der Waals surface area (Å²) >= 11 is 2.68. The van der Waals surface area contributed by atoms with Gasteiger partial charge >= 0.3 is 145 Å². The summed E-state index contributed by atoms with van der Waals surface area (Å²) in [4.78, 5) is 27.9. The van der Waals surface area contributed by atoms with Gasteiger partial charge in [-0.15, -0.1) is 6.58 Å². The average molecular weight is 1550 g/mol. The van der Waals surface area contributed by atoms with Crippen LogP contribution in [0, 0.1) is 0 Å². The maximum Gasteiger partial charge on any atom is 0.0970 e. The normalized spacial score (nSPS) is 11.6. The minimum absolute atomic E-state index is 0.197. The van der Waals surface area contributed by atoms with Gasteiger partial charge in [-0.25, -0.2) is 16.8 Å². The molecule has 0 aliphatic heterocycles. The molecule has 0 amide bonds. The van der Waals surface area contributed by atoms with E-state index in [4.69, 9.17) is 4.74 Å². The first-order valence-corrected chi connectivity index (χ1v) is 47.0. The first-order chi connectivity index (χ1) is 50.5. The van der Waals surface area contributed by atoms with Crippen LogP contribution in [-0.2, 0) is 49.7 Å². The molecule has 8 aromatic carbocycles. The van der Waals surface area contributed by atoms with Crippen molar-refractivity contribution in [1.29, 1.82) is 0 Å². The van der Waals surface area contributed by atoms with E-state index in [0.29, 0.717) is 19.4 Å². The quantitative estimate of drug-likeness (QED) is 0.0204. The van der Waals surface area contributed by atoms with E-state index in [9.17, 15) is 25.9 Å². The van der Waals surface area contributed by atoms with Crippen LogP contribution in [0.3, 0.4) is 0 Å². The van der Waals surface area contributed by atoms with E-state index >= 15 is 0 Å². The fraction of sp³-hybridized carbons (Fsp3) is 0.218. The zero-order chi connectivity index (χ0) is 74.4. The van der Waals surface area contributed by atoms with Gasteiger partial charge in [0.15, 0.2) is 0 Å². The zero-order valence-electron chi connectivity index (χ0n) is 60.4. The molecule has 18 heteroatoms. The zero-order valence-corrected chi connectivity index (χ0v) is 65.8. The number of benzene rings is 8. The van der Waals surface area contributed by atoms with Crippen LogP contribution in [0.15, 0.2) is 268 Å². The molecule has 6 aromatic heterocycles. The maximum absolute atomic E-state index is 10.2. The van der Waals surface area contributed by atoms with E-state index < -0.39 is 36.4 Å². The number of aryl methyl sites for hydroxylation is 1. The number of unbranched alkanes of at least 4 members (excludes halogenated alkanes) is 3. The maximum atomic E-state index is 10.2. The largest absolute Gasteiger partial charge is 0.748 e. The van der Waals surface area contributed by atoms with Crippen molar-refractivity contribution in [1.82, 2.24) is 29.9 Å². The number of hydrogen-bond acceptors (Lipinski definition) is 13. The van der Waals surface area contributed by atoms with Gasteiger partial charge in [0.05, 0.1) is 48.9 Å². The number of fused-ring (bicyclic) bond motifs is 9. The molecule has 14 aromatic rings. The average Bonchev–Trinajstić information content (AvgIpc) is 0.781. The molecule has 0 saturated carbocycles. The fourth-order valence-corrected chi connectivity index (χ4v) is 17.1. The van der Waals surface area contributed by atoms with Crippen molar-refractivity contribution in [2.45, 2.75) is 96.3 Å². The van der Waals surface area contributed by atoms with Gasteiger partial charge in [-0.3, -0.25) is 19.9 Å². The second kappa shape index (κ2) is 37.2. The SMILES string of the molecule is C=CCOCCCCCCc1ccc(-c2ccnc3c2ccc2[c]([Ru+2])ccnc23)cc1.C[Si](C)(C)CCCS(=O)(=O)[O-].C[Si](C)(C)CCCS(=O)(=O)[O-].c1ccc(-c2ccnc3c2ccc2c(-c4ccccc4)ccnc23)cc1.c1ccc(-c2ccnc3c2ccc2c(-c4ccccc4)ccnc23)cc1. The molecule has 0 atom stereocenters. The Labute approximate surface area is 630 Å². The van der Waals surface area contributed by atoms with Crippen LogP contribution in [0.5, 0.6) is 0 Å². The smallest absolute Gasteiger partial charge is 0.0970 e. The minimum atomic E-state index is -3.97. The van der Waals surface area contributed by atoms with Crippen molar-refractivity contribution >= 4 is 106 Å². The summed E-state index contributed by atoms with van der Waals surface area (Å²) in [6.07, 6.45) is 20.0. The molecule has 537 valence electrons. The minimum Gasteiger partial charge on any atom is -0.748 e. The molecule has 0 unspecified atom stereocenters. The molecule has 6 heterocycles. The Kier molecular flexibility index (Phi) is 27.7. The van der Waals surface area contributed by atoms with Crippen molar-refractivity contribution in [3.05, 3.63) is 274 Å². The molecular formula is C87H89N6O7RuS2Si2. The van der Waals surface area contributed by atoms with Gasteiger partial charge in [-0.2, -0.15) is 0 Å². The Morgan fingerprint density at radius 1 is 0.362 bits per heavy atom. The second-order valence-electron chi connectivity index (χ2n) is 28.2. The third-order valence-corrected chi connectivity index (χ3v) is 23.8. The van der Waals surface area contributed by atoms with Crippen molar-refractivity contribution in [3.63, 3.8) is 0 Å². The molecule has 0 aliphatic rings. The monoisotopic (exact) mass is 1550 g/mol. The van der Waals surface area contributed by atoms with E-state index in [0.717, 1.165) is 101 Å². The number of aromatic nitrogens is 6. The summed E-state index contributed by atoms with van der Waals surface area (Å²) in [7, 11) is -10.3. The summed E-state index contributed by atoms with van der Waals surface area (Å²) < 4.78 is 67.7. The van der Waals surface area contributed by atoms with Crippen molar-refractivity contribution < 1.29 is 49.0 Å². The molecule has 0 fully saturated rings. The standard InChI is InChI=1S/C27H27N2O.2C24H16N2.2C6H16O3SSi.Ru/c1-2-19-30-20-6-4-3-5-8-21-10-12-22(13-11-21)24-16-18-29-27-25(24)15-14-23-9-7-17-28-26(23)27;2*1-3-7-17(8-4-1)19-13-15-25-23-21(19)11-12-22-20(14-16-26-24(22)23)18-9-5-2-6-10-18;2*1-11(2,3)6-4-5-10(7,8)9;/h2,7,10-18H,1,3-6,8,19-20H2;2*1-16H;2*4-6H2,1-3H3,(H,7,8,9);/q;;;;;+2/p-2. The van der Waals surface area contributed by atoms with Crippen LogP contribution in [0.25, 0.3) is 121 Å². The molecule has 0 N–H and O–H groups in total. The molecule has 0 radical (unpaired) electrons. The molecule has 13 nitrogen and oxygen atoms in total. The molecule has 0 aliphatic carbocycles. The Hall–Kier alpha value is -9.20. The molecule has 0 saturated heterocycles. The Balaban J connectivity index is 0.000000148. The predicted octanol–water partition coefficient (Wildman–Crippen LogP) is 20.7. The van der Waals surface area contributed by atoms with E-state index in [-0.39, 0.29) is 11.5 Å². The summed E-state index contributed by atoms with van der Waals surface area (Å²) in [5.74, 6) is -0.394. The first kappa shape index (κ1) is 78.4. The third-order valence-electron chi connectivity index (χ3n) is 17.8. The second-order valence-corrected chi connectivity index (χ2v) is 43.4.